The van der Waals surface area contributed by atoms with Gasteiger partial charge in [0.1, 0.15) is 11.6 Å². The van der Waals surface area contributed by atoms with Crippen LogP contribution in [0.15, 0.2) is 42.5 Å². The molecule has 2 rings (SSSR count). The van der Waals surface area contributed by atoms with Gasteiger partial charge in [-0.1, -0.05) is 35.9 Å². The highest BCUT2D eigenvalue weighted by Crippen LogP contribution is 2.28. The van der Waals surface area contributed by atoms with Crippen molar-refractivity contribution in [3.05, 3.63) is 64.4 Å². The number of hydrogen-bond acceptors (Lipinski definition) is 2. The molecule has 0 bridgehead atoms. The molecule has 0 aliphatic rings. The maximum atomic E-state index is 13.6. The third-order valence-electron chi connectivity index (χ3n) is 3.37. The summed E-state index contributed by atoms with van der Waals surface area (Å²) in [7, 11) is 1.89. The summed E-state index contributed by atoms with van der Waals surface area (Å²) in [6.07, 6.45) is 0.661. The Bertz CT molecular complexity index is 603. The second-order valence-corrected chi connectivity index (χ2v) is 5.17. The van der Waals surface area contributed by atoms with Crippen molar-refractivity contribution in [1.82, 2.24) is 5.32 Å². The van der Waals surface area contributed by atoms with Gasteiger partial charge in [-0.05, 0) is 44.2 Å². The molecular weight excluding hydrogens is 289 g/mol. The van der Waals surface area contributed by atoms with Crippen LogP contribution < -0.4 is 10.1 Å². The molecule has 1 atom stereocenters. The van der Waals surface area contributed by atoms with E-state index in [4.69, 9.17) is 16.3 Å². The molecule has 0 fully saturated rings. The summed E-state index contributed by atoms with van der Waals surface area (Å²) in [6.45, 7) is 2.57. The number of rotatable bonds is 6. The van der Waals surface area contributed by atoms with Crippen molar-refractivity contribution in [3.63, 3.8) is 0 Å². The second-order valence-electron chi connectivity index (χ2n) is 4.76. The predicted octanol–water partition coefficient (Wildman–Crippen LogP) is 4.38. The Morgan fingerprint density at radius 1 is 1.24 bits per heavy atom. The van der Waals surface area contributed by atoms with E-state index in [1.807, 2.05) is 44.3 Å². The van der Waals surface area contributed by atoms with Crippen LogP contribution in [0.1, 0.15) is 24.1 Å². The van der Waals surface area contributed by atoms with Crippen molar-refractivity contribution >= 4 is 11.6 Å². The highest BCUT2D eigenvalue weighted by Gasteiger charge is 2.15. The second kappa shape index (κ2) is 7.43. The van der Waals surface area contributed by atoms with Crippen LogP contribution in [-0.2, 0) is 6.42 Å². The molecule has 0 aromatic heterocycles. The monoisotopic (exact) mass is 307 g/mol. The molecule has 4 heteroatoms. The highest BCUT2D eigenvalue weighted by molar-refractivity contribution is 6.30. The summed E-state index contributed by atoms with van der Waals surface area (Å²) in [4.78, 5) is 0. The lowest BCUT2D eigenvalue weighted by Crippen LogP contribution is -2.20. The van der Waals surface area contributed by atoms with Crippen molar-refractivity contribution in [1.29, 1.82) is 0 Å². The van der Waals surface area contributed by atoms with Gasteiger partial charge in [0.25, 0.3) is 0 Å². The normalized spacial score (nSPS) is 12.2. The number of likely N-dealkylation sites (N-methyl/N-ethyl adjacent to an activating group) is 1. The van der Waals surface area contributed by atoms with E-state index in [-0.39, 0.29) is 16.9 Å². The minimum absolute atomic E-state index is 0.0494. The summed E-state index contributed by atoms with van der Waals surface area (Å²) in [5.74, 6) is 0.468. The number of ether oxygens (including phenoxy) is 1. The van der Waals surface area contributed by atoms with Gasteiger partial charge in [0, 0.05) is 11.6 Å². The third kappa shape index (κ3) is 3.96. The fraction of sp³-hybridized carbons (Fsp3) is 0.294. The molecule has 2 aromatic carbocycles. The molecule has 1 unspecified atom stereocenters. The first-order valence-corrected chi connectivity index (χ1v) is 7.36. The zero-order valence-electron chi connectivity index (χ0n) is 12.2. The molecule has 1 N–H and O–H groups in total. The number of benzene rings is 2. The zero-order valence-corrected chi connectivity index (χ0v) is 13.0. The molecule has 0 saturated heterocycles. The van der Waals surface area contributed by atoms with E-state index in [0.29, 0.717) is 13.0 Å². The first kappa shape index (κ1) is 15.8. The van der Waals surface area contributed by atoms with E-state index in [2.05, 4.69) is 5.32 Å². The average Bonchev–Trinajstić information content (AvgIpc) is 2.49. The highest BCUT2D eigenvalue weighted by atomic mass is 35.5. The molecule has 112 valence electrons. The van der Waals surface area contributed by atoms with Crippen molar-refractivity contribution in [3.8, 4) is 5.75 Å². The number of halogens is 2. The summed E-state index contributed by atoms with van der Waals surface area (Å²) in [5.41, 5.74) is 1.96. The van der Waals surface area contributed by atoms with Gasteiger partial charge in [-0.25, -0.2) is 4.39 Å². The van der Waals surface area contributed by atoms with Gasteiger partial charge >= 0.3 is 0 Å². The Morgan fingerprint density at radius 2 is 2.00 bits per heavy atom. The summed E-state index contributed by atoms with van der Waals surface area (Å²) in [5, 5.41) is 3.41. The summed E-state index contributed by atoms with van der Waals surface area (Å²) in [6, 6.07) is 12.9. The van der Waals surface area contributed by atoms with Crippen LogP contribution >= 0.6 is 11.6 Å². The maximum Gasteiger partial charge on any atom is 0.142 e. The average molecular weight is 308 g/mol. The fourth-order valence-corrected chi connectivity index (χ4v) is 2.44. The quantitative estimate of drug-likeness (QED) is 0.855. The van der Waals surface area contributed by atoms with Crippen molar-refractivity contribution in [2.45, 2.75) is 19.4 Å². The van der Waals surface area contributed by atoms with Crippen LogP contribution in [-0.4, -0.2) is 13.7 Å². The van der Waals surface area contributed by atoms with Crippen LogP contribution in [0.5, 0.6) is 5.75 Å². The van der Waals surface area contributed by atoms with E-state index < -0.39 is 0 Å². The minimum Gasteiger partial charge on any atom is -0.494 e. The van der Waals surface area contributed by atoms with Crippen LogP contribution in [0.3, 0.4) is 0 Å². The lowest BCUT2D eigenvalue weighted by Gasteiger charge is -2.20. The van der Waals surface area contributed by atoms with Gasteiger partial charge in [-0.2, -0.15) is 0 Å². The molecule has 0 heterocycles. The number of nitrogens with one attached hydrogen (secondary N) is 1. The maximum absolute atomic E-state index is 13.6. The molecule has 2 aromatic rings. The van der Waals surface area contributed by atoms with E-state index in [1.165, 1.54) is 6.07 Å². The van der Waals surface area contributed by atoms with Crippen LogP contribution in [0, 0.1) is 5.82 Å². The van der Waals surface area contributed by atoms with E-state index in [1.54, 1.807) is 6.07 Å². The van der Waals surface area contributed by atoms with E-state index in [0.717, 1.165) is 16.9 Å². The van der Waals surface area contributed by atoms with Crippen molar-refractivity contribution in [2.75, 3.05) is 13.7 Å². The van der Waals surface area contributed by atoms with Crippen molar-refractivity contribution in [2.24, 2.45) is 0 Å². The molecular formula is C17H19ClFNO. The third-order valence-corrected chi connectivity index (χ3v) is 3.67. The minimum atomic E-state index is -0.387. The molecule has 2 nitrogen and oxygen atoms in total. The predicted molar refractivity (Wildman–Crippen MR) is 84.5 cm³/mol. The van der Waals surface area contributed by atoms with E-state index >= 15 is 0 Å². The van der Waals surface area contributed by atoms with Gasteiger partial charge in [0.15, 0.2) is 0 Å². The Kier molecular flexibility index (Phi) is 5.59. The standard InChI is InChI=1S/C17H19ClFNO/c1-3-21-17-7-5-4-6-13(17)16(20-2)11-12-8-9-14(18)15(19)10-12/h4-10,16,20H,3,11H2,1-2H3. The Labute approximate surface area is 129 Å². The molecule has 0 amide bonds. The smallest absolute Gasteiger partial charge is 0.142 e. The van der Waals surface area contributed by atoms with Crippen LogP contribution in [0.4, 0.5) is 4.39 Å². The van der Waals surface area contributed by atoms with Gasteiger partial charge in [-0.3, -0.25) is 0 Å². The zero-order chi connectivity index (χ0) is 15.2. The fourth-order valence-electron chi connectivity index (χ4n) is 2.33. The first-order valence-electron chi connectivity index (χ1n) is 6.98. The van der Waals surface area contributed by atoms with E-state index in [9.17, 15) is 4.39 Å². The van der Waals surface area contributed by atoms with Gasteiger partial charge in [0.2, 0.25) is 0 Å². The van der Waals surface area contributed by atoms with Crippen LogP contribution in [0.2, 0.25) is 5.02 Å². The summed E-state index contributed by atoms with van der Waals surface area (Å²) >= 11 is 5.72. The van der Waals surface area contributed by atoms with Gasteiger partial charge in [0.05, 0.1) is 11.6 Å². The summed E-state index contributed by atoms with van der Waals surface area (Å²) < 4.78 is 19.2. The molecule has 0 radical (unpaired) electrons. The first-order chi connectivity index (χ1) is 10.2. The molecule has 0 saturated carbocycles. The van der Waals surface area contributed by atoms with Gasteiger partial charge in [-0.15, -0.1) is 0 Å². The lowest BCUT2D eigenvalue weighted by atomic mass is 9.98. The Morgan fingerprint density at radius 3 is 2.67 bits per heavy atom. The van der Waals surface area contributed by atoms with Crippen molar-refractivity contribution < 1.29 is 9.13 Å². The number of para-hydroxylation sites is 1. The molecule has 0 aliphatic carbocycles. The SMILES string of the molecule is CCOc1ccccc1C(Cc1ccc(Cl)c(F)c1)NC. The molecule has 21 heavy (non-hydrogen) atoms. The molecule has 0 spiro atoms. The lowest BCUT2D eigenvalue weighted by molar-refractivity contribution is 0.332. The Balaban J connectivity index is 2.25. The van der Waals surface area contributed by atoms with Gasteiger partial charge < -0.3 is 10.1 Å². The Hall–Kier alpha value is -1.58. The molecule has 0 aliphatic heterocycles. The van der Waals surface area contributed by atoms with Crippen LogP contribution in [0.25, 0.3) is 0 Å². The topological polar surface area (TPSA) is 21.3 Å². The largest absolute Gasteiger partial charge is 0.494 e. The number of hydrogen-bond donors (Lipinski definition) is 1.